The van der Waals surface area contributed by atoms with Crippen LogP contribution in [0, 0.1) is 13.8 Å². The number of amides is 2. The zero-order valence-electron chi connectivity index (χ0n) is 14.8. The van der Waals surface area contributed by atoms with Gasteiger partial charge in [-0.2, -0.15) is 0 Å². The Balaban J connectivity index is 2.09. The molecule has 0 aliphatic carbocycles. The van der Waals surface area contributed by atoms with Crippen molar-refractivity contribution < 1.29 is 19.1 Å². The molecule has 0 saturated carbocycles. The Labute approximate surface area is 147 Å². The first-order chi connectivity index (χ1) is 11.9. The molecule has 2 aromatic rings. The summed E-state index contributed by atoms with van der Waals surface area (Å²) in [4.78, 5) is 24.0. The normalized spacial score (nSPS) is 10.1. The Morgan fingerprint density at radius 2 is 1.80 bits per heavy atom. The zero-order chi connectivity index (χ0) is 18.4. The first kappa shape index (κ1) is 18.3. The third-order valence-corrected chi connectivity index (χ3v) is 3.67. The summed E-state index contributed by atoms with van der Waals surface area (Å²) in [6.45, 7) is 3.74. The van der Waals surface area contributed by atoms with Gasteiger partial charge in [0.1, 0.15) is 11.5 Å². The third kappa shape index (κ3) is 4.73. The van der Waals surface area contributed by atoms with E-state index >= 15 is 0 Å². The van der Waals surface area contributed by atoms with E-state index in [1.54, 1.807) is 25.2 Å². The summed E-state index contributed by atoms with van der Waals surface area (Å²) in [5, 5.41) is 5.26. The number of nitrogens with one attached hydrogen (secondary N) is 2. The highest BCUT2D eigenvalue weighted by atomic mass is 16.5. The number of methoxy groups -OCH3 is 1. The minimum atomic E-state index is -0.340. The molecule has 0 atom stereocenters. The van der Waals surface area contributed by atoms with Gasteiger partial charge in [-0.3, -0.25) is 9.59 Å². The molecule has 0 saturated heterocycles. The molecule has 0 heterocycles. The van der Waals surface area contributed by atoms with Gasteiger partial charge in [-0.05, 0) is 49.2 Å². The van der Waals surface area contributed by atoms with E-state index in [2.05, 4.69) is 10.6 Å². The van der Waals surface area contributed by atoms with Gasteiger partial charge in [0.05, 0.1) is 12.8 Å². The van der Waals surface area contributed by atoms with Gasteiger partial charge in [0.25, 0.3) is 11.8 Å². The minimum absolute atomic E-state index is 0.141. The fourth-order valence-corrected chi connectivity index (χ4v) is 2.28. The molecule has 2 N–H and O–H groups in total. The number of aryl methyl sites for hydroxylation is 2. The number of carbonyl (C=O) groups excluding carboxylic acids is 2. The largest absolute Gasteiger partial charge is 0.495 e. The zero-order valence-corrected chi connectivity index (χ0v) is 14.8. The molecule has 6 heteroatoms. The SMILES string of the molecule is CNC(=O)c1ccc(OC)c(NC(=O)COc2cc(C)ccc2C)c1. The van der Waals surface area contributed by atoms with E-state index in [1.165, 1.54) is 7.11 Å². The van der Waals surface area contributed by atoms with Gasteiger partial charge in [0, 0.05) is 12.6 Å². The molecule has 2 amide bonds. The van der Waals surface area contributed by atoms with Crippen LogP contribution in [0.1, 0.15) is 21.5 Å². The smallest absolute Gasteiger partial charge is 0.262 e. The summed E-state index contributed by atoms with van der Waals surface area (Å²) in [6, 6.07) is 10.6. The quantitative estimate of drug-likeness (QED) is 0.846. The molecule has 2 aromatic carbocycles. The standard InChI is InChI=1S/C19H22N2O4/c1-12-5-6-13(2)17(9-12)25-11-18(22)21-15-10-14(19(23)20-3)7-8-16(15)24-4/h5-10H,11H2,1-4H3,(H,20,23)(H,21,22). The monoisotopic (exact) mass is 342 g/mol. The second kappa shape index (κ2) is 8.19. The van der Waals surface area contributed by atoms with Crippen LogP contribution in [0.15, 0.2) is 36.4 Å². The van der Waals surface area contributed by atoms with Gasteiger partial charge in [-0.25, -0.2) is 0 Å². The summed E-state index contributed by atoms with van der Waals surface area (Å²) in [5.41, 5.74) is 2.85. The van der Waals surface area contributed by atoms with Crippen LogP contribution in [0.2, 0.25) is 0 Å². The first-order valence-corrected chi connectivity index (χ1v) is 7.84. The van der Waals surface area contributed by atoms with Gasteiger partial charge in [0.15, 0.2) is 6.61 Å². The van der Waals surface area contributed by atoms with Crippen molar-refractivity contribution in [1.82, 2.24) is 5.32 Å². The van der Waals surface area contributed by atoms with Crippen LogP contribution >= 0.6 is 0 Å². The van der Waals surface area contributed by atoms with E-state index in [9.17, 15) is 9.59 Å². The van der Waals surface area contributed by atoms with Crippen LogP contribution in [0.3, 0.4) is 0 Å². The number of rotatable bonds is 6. The van der Waals surface area contributed by atoms with Gasteiger partial charge in [0.2, 0.25) is 0 Å². The molecular formula is C19H22N2O4. The van der Waals surface area contributed by atoms with Crippen LogP contribution < -0.4 is 20.1 Å². The maximum absolute atomic E-state index is 12.2. The first-order valence-electron chi connectivity index (χ1n) is 7.84. The Morgan fingerprint density at radius 1 is 1.04 bits per heavy atom. The Morgan fingerprint density at radius 3 is 2.48 bits per heavy atom. The lowest BCUT2D eigenvalue weighted by Crippen LogP contribution is -2.22. The number of ether oxygens (including phenoxy) is 2. The average molecular weight is 342 g/mol. The van der Waals surface area contributed by atoms with Gasteiger partial charge < -0.3 is 20.1 Å². The fourth-order valence-electron chi connectivity index (χ4n) is 2.28. The molecule has 0 spiro atoms. The topological polar surface area (TPSA) is 76.7 Å². The second-order valence-electron chi connectivity index (χ2n) is 5.60. The Hall–Kier alpha value is -3.02. The molecule has 132 valence electrons. The highest BCUT2D eigenvalue weighted by Crippen LogP contribution is 2.25. The number of anilines is 1. The average Bonchev–Trinajstić information content (AvgIpc) is 2.61. The Bertz CT molecular complexity index is 787. The van der Waals surface area contributed by atoms with Crippen LogP contribution in [0.25, 0.3) is 0 Å². The molecule has 0 aromatic heterocycles. The lowest BCUT2D eigenvalue weighted by Gasteiger charge is -2.13. The molecular weight excluding hydrogens is 320 g/mol. The van der Waals surface area contributed by atoms with Crippen molar-refractivity contribution in [3.8, 4) is 11.5 Å². The van der Waals surface area contributed by atoms with Crippen molar-refractivity contribution in [3.05, 3.63) is 53.1 Å². The second-order valence-corrected chi connectivity index (χ2v) is 5.60. The fraction of sp³-hybridized carbons (Fsp3) is 0.263. The van der Waals surface area contributed by atoms with Gasteiger partial charge in [-0.15, -0.1) is 0 Å². The summed E-state index contributed by atoms with van der Waals surface area (Å²) in [6.07, 6.45) is 0. The molecule has 25 heavy (non-hydrogen) atoms. The highest BCUT2D eigenvalue weighted by Gasteiger charge is 2.12. The van der Waals surface area contributed by atoms with E-state index in [-0.39, 0.29) is 18.4 Å². The van der Waals surface area contributed by atoms with Crippen LogP contribution in [-0.2, 0) is 4.79 Å². The molecule has 0 radical (unpaired) electrons. The van der Waals surface area contributed by atoms with Gasteiger partial charge in [-0.1, -0.05) is 12.1 Å². The molecule has 2 rings (SSSR count). The number of hydrogen-bond acceptors (Lipinski definition) is 4. The van der Waals surface area contributed by atoms with E-state index in [0.717, 1.165) is 11.1 Å². The minimum Gasteiger partial charge on any atom is -0.495 e. The summed E-state index contributed by atoms with van der Waals surface area (Å²) >= 11 is 0. The molecule has 0 aliphatic rings. The molecule has 0 unspecified atom stereocenters. The van der Waals surface area contributed by atoms with Crippen molar-refractivity contribution in [2.45, 2.75) is 13.8 Å². The van der Waals surface area contributed by atoms with Gasteiger partial charge >= 0.3 is 0 Å². The number of hydrogen-bond donors (Lipinski definition) is 2. The molecule has 6 nitrogen and oxygen atoms in total. The third-order valence-electron chi connectivity index (χ3n) is 3.67. The summed E-state index contributed by atoms with van der Waals surface area (Å²) in [5.74, 6) is 0.548. The molecule has 0 bridgehead atoms. The molecule has 0 fully saturated rings. The van der Waals surface area contributed by atoms with Crippen molar-refractivity contribution in [3.63, 3.8) is 0 Å². The van der Waals surface area contributed by atoms with Crippen LogP contribution in [0.4, 0.5) is 5.69 Å². The van der Waals surface area contributed by atoms with Crippen molar-refractivity contribution in [2.75, 3.05) is 26.1 Å². The number of benzene rings is 2. The van der Waals surface area contributed by atoms with E-state index in [0.29, 0.717) is 22.7 Å². The Kier molecular flexibility index (Phi) is 6.00. The highest BCUT2D eigenvalue weighted by molar-refractivity contribution is 5.98. The van der Waals surface area contributed by atoms with Crippen molar-refractivity contribution in [1.29, 1.82) is 0 Å². The van der Waals surface area contributed by atoms with Crippen LogP contribution in [-0.4, -0.2) is 32.6 Å². The predicted molar refractivity (Wildman–Crippen MR) is 96.4 cm³/mol. The van der Waals surface area contributed by atoms with Crippen molar-refractivity contribution >= 4 is 17.5 Å². The van der Waals surface area contributed by atoms with E-state index in [1.807, 2.05) is 32.0 Å². The molecule has 0 aliphatic heterocycles. The predicted octanol–water partition coefficient (Wildman–Crippen LogP) is 2.69. The van der Waals surface area contributed by atoms with Crippen LogP contribution in [0.5, 0.6) is 11.5 Å². The maximum Gasteiger partial charge on any atom is 0.262 e. The maximum atomic E-state index is 12.2. The summed E-state index contributed by atoms with van der Waals surface area (Å²) < 4.78 is 10.8. The lowest BCUT2D eigenvalue weighted by atomic mass is 10.1. The summed E-state index contributed by atoms with van der Waals surface area (Å²) in [7, 11) is 3.04. The number of carbonyl (C=O) groups is 2. The lowest BCUT2D eigenvalue weighted by molar-refractivity contribution is -0.118. The van der Waals surface area contributed by atoms with Crippen molar-refractivity contribution in [2.24, 2.45) is 0 Å². The van der Waals surface area contributed by atoms with E-state index < -0.39 is 0 Å². The van der Waals surface area contributed by atoms with E-state index in [4.69, 9.17) is 9.47 Å².